The molecular formula is C15H20N2O4. The lowest BCUT2D eigenvalue weighted by atomic mass is 10.0. The summed E-state index contributed by atoms with van der Waals surface area (Å²) in [6.07, 6.45) is 1.88. The Kier molecular flexibility index (Phi) is 5.16. The van der Waals surface area contributed by atoms with Crippen molar-refractivity contribution in [3.63, 3.8) is 0 Å². The molecule has 21 heavy (non-hydrogen) atoms. The van der Waals surface area contributed by atoms with Crippen LogP contribution in [0.4, 0.5) is 10.5 Å². The smallest absolute Gasteiger partial charge is 0.337 e. The molecule has 0 spiro atoms. The van der Waals surface area contributed by atoms with Crippen LogP contribution in [0.1, 0.15) is 23.2 Å². The second kappa shape index (κ2) is 7.08. The molecule has 6 nitrogen and oxygen atoms in total. The van der Waals surface area contributed by atoms with Crippen molar-refractivity contribution in [2.24, 2.45) is 5.92 Å². The molecule has 1 aliphatic heterocycles. The number of aromatic carboxylic acids is 1. The van der Waals surface area contributed by atoms with Crippen molar-refractivity contribution in [3.05, 3.63) is 29.8 Å². The number of hydrogen-bond donors (Lipinski definition) is 2. The average Bonchev–Trinajstić information content (AvgIpc) is 2.52. The molecule has 2 amide bonds. The van der Waals surface area contributed by atoms with Crippen molar-refractivity contribution in [2.45, 2.75) is 12.8 Å². The lowest BCUT2D eigenvalue weighted by molar-refractivity contribution is 0.0669. The van der Waals surface area contributed by atoms with E-state index in [-0.39, 0.29) is 11.6 Å². The van der Waals surface area contributed by atoms with Gasteiger partial charge in [-0.3, -0.25) is 4.90 Å². The van der Waals surface area contributed by atoms with Crippen LogP contribution in [-0.4, -0.2) is 43.9 Å². The van der Waals surface area contributed by atoms with E-state index in [1.54, 1.807) is 25.2 Å². The minimum Gasteiger partial charge on any atom is -0.478 e. The van der Waals surface area contributed by atoms with E-state index in [4.69, 9.17) is 9.84 Å². The highest BCUT2D eigenvalue weighted by atomic mass is 16.5. The van der Waals surface area contributed by atoms with Gasteiger partial charge in [-0.2, -0.15) is 0 Å². The molecule has 1 heterocycles. The number of benzene rings is 1. The van der Waals surface area contributed by atoms with Crippen LogP contribution in [0.5, 0.6) is 0 Å². The molecule has 0 aromatic heterocycles. The molecule has 0 aliphatic carbocycles. The van der Waals surface area contributed by atoms with Gasteiger partial charge in [-0.05, 0) is 30.9 Å². The molecule has 6 heteroatoms. The van der Waals surface area contributed by atoms with Gasteiger partial charge in [-0.15, -0.1) is 0 Å². The topological polar surface area (TPSA) is 78.9 Å². The lowest BCUT2D eigenvalue weighted by Gasteiger charge is -2.24. The van der Waals surface area contributed by atoms with Gasteiger partial charge >= 0.3 is 12.0 Å². The number of urea groups is 1. The van der Waals surface area contributed by atoms with E-state index in [0.29, 0.717) is 18.2 Å². The van der Waals surface area contributed by atoms with Gasteiger partial charge in [-0.1, -0.05) is 12.1 Å². The average molecular weight is 292 g/mol. The quantitative estimate of drug-likeness (QED) is 0.889. The van der Waals surface area contributed by atoms with E-state index in [1.807, 2.05) is 0 Å². The molecule has 0 unspecified atom stereocenters. The van der Waals surface area contributed by atoms with Crippen LogP contribution in [0.2, 0.25) is 0 Å². The van der Waals surface area contributed by atoms with E-state index in [1.165, 1.54) is 11.0 Å². The summed E-state index contributed by atoms with van der Waals surface area (Å²) in [5.74, 6) is -0.625. The number of anilines is 1. The zero-order valence-corrected chi connectivity index (χ0v) is 12.0. The number of amides is 2. The predicted octanol–water partition coefficient (Wildman–Crippen LogP) is 1.96. The van der Waals surface area contributed by atoms with Gasteiger partial charge in [0.15, 0.2) is 0 Å². The lowest BCUT2D eigenvalue weighted by Crippen LogP contribution is -2.41. The molecule has 2 N–H and O–H groups in total. The summed E-state index contributed by atoms with van der Waals surface area (Å²) >= 11 is 0. The Balaban J connectivity index is 1.97. The molecule has 0 saturated carbocycles. The van der Waals surface area contributed by atoms with Crippen molar-refractivity contribution in [1.82, 2.24) is 5.32 Å². The van der Waals surface area contributed by atoms with Crippen LogP contribution >= 0.6 is 0 Å². The summed E-state index contributed by atoms with van der Waals surface area (Å²) in [4.78, 5) is 24.7. The molecule has 1 aliphatic rings. The minimum atomic E-state index is -1.05. The number of hydrogen-bond acceptors (Lipinski definition) is 3. The molecule has 1 saturated heterocycles. The number of ether oxygens (including phenoxy) is 1. The van der Waals surface area contributed by atoms with Crippen LogP contribution in [-0.2, 0) is 4.74 Å². The molecule has 0 atom stereocenters. The number of carbonyl (C=O) groups excluding carboxylic acids is 1. The van der Waals surface area contributed by atoms with Crippen molar-refractivity contribution < 1.29 is 19.4 Å². The van der Waals surface area contributed by atoms with Gasteiger partial charge in [0.25, 0.3) is 0 Å². The minimum absolute atomic E-state index is 0.112. The Hall–Kier alpha value is -2.08. The first kappa shape index (κ1) is 15.3. The molecule has 1 fully saturated rings. The number of rotatable bonds is 4. The third kappa shape index (κ3) is 3.95. The Labute approximate surface area is 123 Å². The van der Waals surface area contributed by atoms with Gasteiger partial charge in [-0.25, -0.2) is 9.59 Å². The Morgan fingerprint density at radius 2 is 2.00 bits per heavy atom. The number of carbonyl (C=O) groups is 2. The predicted molar refractivity (Wildman–Crippen MR) is 78.7 cm³/mol. The molecule has 0 bridgehead atoms. The van der Waals surface area contributed by atoms with Crippen LogP contribution in [0, 0.1) is 5.92 Å². The van der Waals surface area contributed by atoms with E-state index in [0.717, 1.165) is 26.1 Å². The summed E-state index contributed by atoms with van der Waals surface area (Å²) in [7, 11) is 1.57. The van der Waals surface area contributed by atoms with Crippen LogP contribution < -0.4 is 10.2 Å². The highest BCUT2D eigenvalue weighted by molar-refractivity contribution is 6.01. The largest absolute Gasteiger partial charge is 0.478 e. The van der Waals surface area contributed by atoms with Crippen LogP contribution in [0.25, 0.3) is 0 Å². The zero-order valence-electron chi connectivity index (χ0n) is 12.0. The maximum absolute atomic E-state index is 12.2. The highest BCUT2D eigenvalue weighted by Gasteiger charge is 2.19. The second-order valence-electron chi connectivity index (χ2n) is 5.12. The summed E-state index contributed by atoms with van der Waals surface area (Å²) in [5, 5.41) is 12.0. The molecule has 1 aromatic rings. The highest BCUT2D eigenvalue weighted by Crippen LogP contribution is 2.19. The molecule has 1 aromatic carbocycles. The summed E-state index contributed by atoms with van der Waals surface area (Å²) in [5.41, 5.74) is 0.496. The standard InChI is InChI=1S/C15H20N2O4/c1-17(13-5-3-2-4-12(13)14(18)19)15(20)16-10-11-6-8-21-9-7-11/h2-5,11H,6-10H2,1H3,(H,16,20)(H,18,19). The normalized spacial score (nSPS) is 15.5. The van der Waals surface area contributed by atoms with Crippen molar-refractivity contribution in [1.29, 1.82) is 0 Å². The van der Waals surface area contributed by atoms with Crippen molar-refractivity contribution in [3.8, 4) is 0 Å². The molecule has 0 radical (unpaired) electrons. The number of para-hydroxylation sites is 1. The third-order valence-corrected chi connectivity index (χ3v) is 3.68. The third-order valence-electron chi connectivity index (χ3n) is 3.68. The van der Waals surface area contributed by atoms with Crippen molar-refractivity contribution in [2.75, 3.05) is 31.7 Å². The second-order valence-corrected chi connectivity index (χ2v) is 5.12. The molecule has 2 rings (SSSR count). The van der Waals surface area contributed by atoms with Crippen molar-refractivity contribution >= 4 is 17.7 Å². The van der Waals surface area contributed by atoms with Gasteiger partial charge in [0.1, 0.15) is 0 Å². The fourth-order valence-electron chi connectivity index (χ4n) is 2.36. The monoisotopic (exact) mass is 292 g/mol. The van der Waals surface area contributed by atoms with E-state index < -0.39 is 5.97 Å². The SMILES string of the molecule is CN(C(=O)NCC1CCOCC1)c1ccccc1C(=O)O. The van der Waals surface area contributed by atoms with Gasteiger partial charge in [0, 0.05) is 26.8 Å². The summed E-state index contributed by atoms with van der Waals surface area (Å²) in [6, 6.07) is 6.16. The van der Waals surface area contributed by atoms with Crippen LogP contribution in [0.3, 0.4) is 0 Å². The summed E-state index contributed by atoms with van der Waals surface area (Å²) in [6.45, 7) is 2.05. The Morgan fingerprint density at radius 1 is 1.33 bits per heavy atom. The molecule has 114 valence electrons. The van der Waals surface area contributed by atoms with E-state index in [9.17, 15) is 9.59 Å². The fraction of sp³-hybridized carbons (Fsp3) is 0.467. The first-order valence-corrected chi connectivity index (χ1v) is 7.01. The number of carboxylic acids is 1. The number of nitrogens with one attached hydrogen (secondary N) is 1. The van der Waals surface area contributed by atoms with Crippen LogP contribution in [0.15, 0.2) is 24.3 Å². The molecular weight excluding hydrogens is 272 g/mol. The van der Waals surface area contributed by atoms with E-state index >= 15 is 0 Å². The Bertz CT molecular complexity index is 512. The first-order valence-electron chi connectivity index (χ1n) is 7.01. The fourth-order valence-corrected chi connectivity index (χ4v) is 2.36. The first-order chi connectivity index (χ1) is 10.1. The maximum atomic E-state index is 12.2. The summed E-state index contributed by atoms with van der Waals surface area (Å²) < 4.78 is 5.28. The van der Waals surface area contributed by atoms with Gasteiger partial charge < -0.3 is 15.2 Å². The maximum Gasteiger partial charge on any atom is 0.337 e. The number of carboxylic acid groups (broad SMARTS) is 1. The zero-order chi connectivity index (χ0) is 15.2. The van der Waals surface area contributed by atoms with E-state index in [2.05, 4.69) is 5.32 Å². The Morgan fingerprint density at radius 3 is 2.67 bits per heavy atom. The van der Waals surface area contributed by atoms with Gasteiger partial charge in [0.05, 0.1) is 11.3 Å². The number of nitrogens with zero attached hydrogens (tertiary/aromatic N) is 1. The van der Waals surface area contributed by atoms with Gasteiger partial charge in [0.2, 0.25) is 0 Å².